The Balaban J connectivity index is 1.35. The summed E-state index contributed by atoms with van der Waals surface area (Å²) in [4.78, 5) is 25.0. The van der Waals surface area contributed by atoms with Crippen molar-refractivity contribution in [1.29, 1.82) is 0 Å². The third-order valence-corrected chi connectivity index (χ3v) is 6.49. The van der Waals surface area contributed by atoms with Gasteiger partial charge in [0.2, 0.25) is 0 Å². The second-order valence-corrected chi connectivity index (χ2v) is 8.93. The van der Waals surface area contributed by atoms with E-state index in [1.54, 1.807) is 13.3 Å². The highest BCUT2D eigenvalue weighted by Crippen LogP contribution is 2.31. The number of pyridine rings is 1. The average Bonchev–Trinajstić information content (AvgIpc) is 3.52. The van der Waals surface area contributed by atoms with Gasteiger partial charge in [-0.15, -0.1) is 0 Å². The average molecular weight is 456 g/mol. The first-order valence-electron chi connectivity index (χ1n) is 11.5. The van der Waals surface area contributed by atoms with Gasteiger partial charge in [0.1, 0.15) is 5.75 Å². The van der Waals surface area contributed by atoms with Gasteiger partial charge < -0.3 is 24.8 Å². The van der Waals surface area contributed by atoms with Gasteiger partial charge >= 0.3 is 0 Å². The molecule has 1 unspecified atom stereocenters. The Kier molecular flexibility index (Phi) is 5.94. The highest BCUT2D eigenvalue weighted by atomic mass is 16.5. The molecule has 7 heteroatoms. The number of rotatable bonds is 6. The van der Waals surface area contributed by atoms with Gasteiger partial charge in [-0.25, -0.2) is 0 Å². The Bertz CT molecular complexity index is 1300. The number of amides is 1. The molecule has 1 amide bonds. The van der Waals surface area contributed by atoms with Crippen molar-refractivity contribution in [1.82, 2.24) is 19.8 Å². The molecular weight excluding hydrogens is 426 g/mol. The number of likely N-dealkylation sites (N-methyl/N-ethyl adjacent to an activating group) is 1. The molecule has 2 aromatic heterocycles. The summed E-state index contributed by atoms with van der Waals surface area (Å²) in [7, 11) is 5.74. The van der Waals surface area contributed by atoms with Gasteiger partial charge in [0.25, 0.3) is 5.91 Å². The van der Waals surface area contributed by atoms with Crippen LogP contribution in [0.15, 0.2) is 67.0 Å². The summed E-state index contributed by atoms with van der Waals surface area (Å²) in [5, 5.41) is 4.55. The van der Waals surface area contributed by atoms with Crippen LogP contribution in [-0.4, -0.2) is 66.0 Å². The van der Waals surface area contributed by atoms with Crippen molar-refractivity contribution in [2.24, 2.45) is 0 Å². The highest BCUT2D eigenvalue weighted by Gasteiger charge is 2.28. The first kappa shape index (κ1) is 22.0. The topological polar surface area (TPSA) is 73.5 Å². The number of benzene rings is 2. The number of aromatic amines is 1. The van der Waals surface area contributed by atoms with Crippen LogP contribution in [0.25, 0.3) is 22.2 Å². The van der Waals surface area contributed by atoms with E-state index in [0.717, 1.165) is 53.0 Å². The molecule has 1 aliphatic heterocycles. The molecule has 2 aromatic carbocycles. The van der Waals surface area contributed by atoms with Crippen molar-refractivity contribution in [2.45, 2.75) is 12.5 Å². The Labute approximate surface area is 199 Å². The van der Waals surface area contributed by atoms with Crippen molar-refractivity contribution >= 4 is 28.2 Å². The summed E-state index contributed by atoms with van der Waals surface area (Å²) in [6, 6.07) is 18.3. The minimum atomic E-state index is 0.0386. The first-order valence-corrected chi connectivity index (χ1v) is 11.5. The van der Waals surface area contributed by atoms with E-state index in [1.807, 2.05) is 47.5 Å². The van der Waals surface area contributed by atoms with Crippen molar-refractivity contribution in [3.8, 4) is 17.0 Å². The number of nitrogens with one attached hydrogen (secondary N) is 2. The van der Waals surface area contributed by atoms with Crippen molar-refractivity contribution < 1.29 is 9.53 Å². The molecule has 0 radical (unpaired) electrons. The lowest BCUT2D eigenvalue weighted by atomic mass is 10.1. The Hall–Kier alpha value is -3.84. The molecule has 0 aliphatic carbocycles. The van der Waals surface area contributed by atoms with E-state index >= 15 is 0 Å². The number of methoxy groups -OCH3 is 1. The lowest BCUT2D eigenvalue weighted by molar-refractivity contribution is 0.0782. The van der Waals surface area contributed by atoms with Crippen LogP contribution in [0, 0.1) is 0 Å². The molecule has 2 N–H and O–H groups in total. The normalized spacial score (nSPS) is 15.8. The number of hydrogen-bond donors (Lipinski definition) is 2. The predicted octanol–water partition coefficient (Wildman–Crippen LogP) is 4.76. The monoisotopic (exact) mass is 455 g/mol. The van der Waals surface area contributed by atoms with E-state index in [4.69, 9.17) is 4.74 Å². The number of anilines is 2. The van der Waals surface area contributed by atoms with Gasteiger partial charge in [-0.2, -0.15) is 0 Å². The van der Waals surface area contributed by atoms with Gasteiger partial charge in [0, 0.05) is 53.1 Å². The second kappa shape index (κ2) is 9.19. The standard InChI is InChI=1S/C27H29N5O2/c1-31(2)22-10-11-32(17-22)27(33)19-8-9-24(26(14-19)34-3)29-21-12-20(15-28-16-21)25-13-18-6-4-5-7-23(18)30-25/h4-9,12-16,22,29-30H,10-11,17H2,1-3H3. The van der Waals surface area contributed by atoms with E-state index in [1.165, 1.54) is 0 Å². The van der Waals surface area contributed by atoms with Crippen LogP contribution in [0.4, 0.5) is 11.4 Å². The van der Waals surface area contributed by atoms with E-state index < -0.39 is 0 Å². The first-order chi connectivity index (χ1) is 16.5. The van der Waals surface area contributed by atoms with Gasteiger partial charge in [-0.05, 0) is 56.9 Å². The minimum absolute atomic E-state index is 0.0386. The molecule has 7 nitrogen and oxygen atoms in total. The number of H-pyrrole nitrogens is 1. The molecule has 174 valence electrons. The van der Waals surface area contributed by atoms with Crippen LogP contribution in [0.2, 0.25) is 0 Å². The molecular formula is C27H29N5O2. The molecule has 1 saturated heterocycles. The largest absolute Gasteiger partial charge is 0.495 e. The summed E-state index contributed by atoms with van der Waals surface area (Å²) in [6.07, 6.45) is 4.61. The molecule has 0 bridgehead atoms. The maximum Gasteiger partial charge on any atom is 0.254 e. The molecule has 5 rings (SSSR count). The fourth-order valence-corrected chi connectivity index (χ4v) is 4.50. The SMILES string of the molecule is COc1cc(C(=O)N2CCC(N(C)C)C2)ccc1Nc1cncc(-c2cc3ccccc3[nH]2)c1. The number of nitrogens with zero attached hydrogens (tertiary/aromatic N) is 3. The molecule has 1 fully saturated rings. The highest BCUT2D eigenvalue weighted by molar-refractivity contribution is 5.95. The fourth-order valence-electron chi connectivity index (χ4n) is 4.50. The number of aromatic nitrogens is 2. The van der Waals surface area contributed by atoms with Crippen molar-refractivity contribution in [3.63, 3.8) is 0 Å². The maximum absolute atomic E-state index is 13.0. The van der Waals surface area contributed by atoms with Gasteiger partial charge in [-0.1, -0.05) is 18.2 Å². The van der Waals surface area contributed by atoms with Gasteiger partial charge in [-0.3, -0.25) is 9.78 Å². The lowest BCUT2D eigenvalue weighted by Gasteiger charge is -2.21. The predicted molar refractivity (Wildman–Crippen MR) is 136 cm³/mol. The van der Waals surface area contributed by atoms with E-state index in [9.17, 15) is 4.79 Å². The molecule has 1 aliphatic rings. The van der Waals surface area contributed by atoms with Gasteiger partial charge in [0.15, 0.2) is 0 Å². The minimum Gasteiger partial charge on any atom is -0.495 e. The lowest BCUT2D eigenvalue weighted by Crippen LogP contribution is -2.34. The smallest absolute Gasteiger partial charge is 0.254 e. The third-order valence-electron chi connectivity index (χ3n) is 6.49. The van der Waals surface area contributed by atoms with Crippen LogP contribution < -0.4 is 10.1 Å². The van der Waals surface area contributed by atoms with Crippen LogP contribution in [0.5, 0.6) is 5.75 Å². The molecule has 0 spiro atoms. The van der Waals surface area contributed by atoms with Crippen LogP contribution in [-0.2, 0) is 0 Å². The number of ether oxygens (including phenoxy) is 1. The molecule has 4 aromatic rings. The van der Waals surface area contributed by atoms with Crippen molar-refractivity contribution in [3.05, 3.63) is 72.6 Å². The zero-order chi connectivity index (χ0) is 23.7. The Morgan fingerprint density at radius 3 is 2.76 bits per heavy atom. The van der Waals surface area contributed by atoms with E-state index in [-0.39, 0.29) is 5.91 Å². The molecule has 1 atom stereocenters. The molecule has 34 heavy (non-hydrogen) atoms. The summed E-state index contributed by atoms with van der Waals surface area (Å²) in [5.41, 5.74) is 5.33. The second-order valence-electron chi connectivity index (χ2n) is 8.93. The van der Waals surface area contributed by atoms with Crippen molar-refractivity contribution in [2.75, 3.05) is 39.6 Å². The number of carbonyl (C=O) groups is 1. The number of carbonyl (C=O) groups excluding carboxylic acids is 1. The number of fused-ring (bicyclic) bond motifs is 1. The molecule has 3 heterocycles. The maximum atomic E-state index is 13.0. The van der Waals surface area contributed by atoms with E-state index in [2.05, 4.69) is 52.5 Å². The Morgan fingerprint density at radius 2 is 2.00 bits per heavy atom. The van der Waals surface area contributed by atoms with Crippen LogP contribution >= 0.6 is 0 Å². The number of hydrogen-bond acceptors (Lipinski definition) is 5. The zero-order valence-electron chi connectivity index (χ0n) is 19.7. The third kappa shape index (κ3) is 4.34. The summed E-state index contributed by atoms with van der Waals surface area (Å²) in [6.45, 7) is 1.52. The summed E-state index contributed by atoms with van der Waals surface area (Å²) < 4.78 is 5.62. The zero-order valence-corrected chi connectivity index (χ0v) is 19.7. The van der Waals surface area contributed by atoms with Crippen LogP contribution in [0.3, 0.4) is 0 Å². The summed E-state index contributed by atoms with van der Waals surface area (Å²) >= 11 is 0. The number of likely N-dealkylation sites (tertiary alicyclic amines) is 1. The van der Waals surface area contributed by atoms with Gasteiger partial charge in [0.05, 0.1) is 24.7 Å². The fraction of sp³-hybridized carbons (Fsp3) is 0.259. The summed E-state index contributed by atoms with van der Waals surface area (Å²) in [5.74, 6) is 0.655. The Morgan fingerprint density at radius 1 is 1.15 bits per heavy atom. The number of para-hydroxylation sites is 1. The molecule has 0 saturated carbocycles. The van der Waals surface area contributed by atoms with E-state index in [0.29, 0.717) is 17.4 Å². The van der Waals surface area contributed by atoms with Crippen LogP contribution in [0.1, 0.15) is 16.8 Å². The quantitative estimate of drug-likeness (QED) is 0.439.